The van der Waals surface area contributed by atoms with Crippen LogP contribution in [0.4, 0.5) is 0 Å². The Kier molecular flexibility index (Phi) is 3.70. The fourth-order valence-corrected chi connectivity index (χ4v) is 1.95. The molecule has 1 unspecified atom stereocenters. The molecule has 1 aliphatic heterocycles. The van der Waals surface area contributed by atoms with Crippen molar-refractivity contribution in [2.45, 2.75) is 25.6 Å². The van der Waals surface area contributed by atoms with Crippen LogP contribution in [0.1, 0.15) is 30.1 Å². The first-order valence-electron chi connectivity index (χ1n) is 5.50. The molecule has 1 aliphatic rings. The zero-order chi connectivity index (χ0) is 11.4. The molecule has 3 heteroatoms. The normalized spacial score (nSPS) is 21.1. The summed E-state index contributed by atoms with van der Waals surface area (Å²) >= 11 is 0. The first-order chi connectivity index (χ1) is 7.79. The van der Waals surface area contributed by atoms with Crippen LogP contribution < -0.4 is 0 Å². The van der Waals surface area contributed by atoms with E-state index >= 15 is 0 Å². The van der Waals surface area contributed by atoms with Crippen molar-refractivity contribution in [3.63, 3.8) is 0 Å². The van der Waals surface area contributed by atoms with E-state index in [-0.39, 0.29) is 11.9 Å². The van der Waals surface area contributed by atoms with Gasteiger partial charge in [0.1, 0.15) is 5.78 Å². The Hall–Kier alpha value is -1.19. The van der Waals surface area contributed by atoms with Gasteiger partial charge in [0.25, 0.3) is 0 Å². The summed E-state index contributed by atoms with van der Waals surface area (Å²) in [6, 6.07) is 8.04. The summed E-state index contributed by atoms with van der Waals surface area (Å²) in [4.78, 5) is 11.4. The van der Waals surface area contributed by atoms with Crippen LogP contribution in [0.5, 0.6) is 0 Å². The monoisotopic (exact) mass is 220 g/mol. The topological polar surface area (TPSA) is 35.5 Å². The Morgan fingerprint density at radius 1 is 1.50 bits per heavy atom. The van der Waals surface area contributed by atoms with Crippen LogP contribution in [-0.4, -0.2) is 19.5 Å². The number of hydrogen-bond donors (Lipinski definition) is 0. The molecule has 1 heterocycles. The van der Waals surface area contributed by atoms with Crippen LogP contribution in [0.3, 0.4) is 0 Å². The highest BCUT2D eigenvalue weighted by molar-refractivity contribution is 5.79. The summed E-state index contributed by atoms with van der Waals surface area (Å²) < 4.78 is 10.7. The van der Waals surface area contributed by atoms with Crippen LogP contribution in [0.2, 0.25) is 0 Å². The Balaban J connectivity index is 2.12. The molecule has 1 saturated heterocycles. The molecule has 0 N–H and O–H groups in total. The lowest BCUT2D eigenvalue weighted by molar-refractivity contribution is -0.128. The second-order valence-electron chi connectivity index (χ2n) is 4.03. The second kappa shape index (κ2) is 5.23. The van der Waals surface area contributed by atoms with Gasteiger partial charge in [-0.2, -0.15) is 0 Å². The van der Waals surface area contributed by atoms with Crippen molar-refractivity contribution in [3.8, 4) is 0 Å². The highest BCUT2D eigenvalue weighted by Crippen LogP contribution is 2.26. The van der Waals surface area contributed by atoms with E-state index in [4.69, 9.17) is 9.47 Å². The number of hydrogen-bond acceptors (Lipinski definition) is 3. The van der Waals surface area contributed by atoms with Crippen LogP contribution in [0.25, 0.3) is 0 Å². The molecule has 2 rings (SSSR count). The SMILES string of the molecule is COCc1cccc(C2CC(=O)CCO2)c1. The van der Waals surface area contributed by atoms with E-state index in [0.717, 1.165) is 11.1 Å². The minimum Gasteiger partial charge on any atom is -0.380 e. The van der Waals surface area contributed by atoms with Crippen LogP contribution >= 0.6 is 0 Å². The molecule has 16 heavy (non-hydrogen) atoms. The van der Waals surface area contributed by atoms with Gasteiger partial charge in [-0.15, -0.1) is 0 Å². The fourth-order valence-electron chi connectivity index (χ4n) is 1.95. The summed E-state index contributed by atoms with van der Waals surface area (Å²) in [5.41, 5.74) is 2.18. The lowest BCUT2D eigenvalue weighted by Crippen LogP contribution is -2.19. The molecule has 0 bridgehead atoms. The third-order valence-electron chi connectivity index (χ3n) is 2.75. The Morgan fingerprint density at radius 2 is 2.38 bits per heavy atom. The van der Waals surface area contributed by atoms with Gasteiger partial charge in [-0.3, -0.25) is 4.79 Å². The molecule has 0 saturated carbocycles. The number of carbonyl (C=O) groups is 1. The van der Waals surface area contributed by atoms with Crippen molar-refractivity contribution in [2.24, 2.45) is 0 Å². The van der Waals surface area contributed by atoms with Crippen molar-refractivity contribution in [1.29, 1.82) is 0 Å². The third kappa shape index (κ3) is 2.68. The van der Waals surface area contributed by atoms with Gasteiger partial charge < -0.3 is 9.47 Å². The largest absolute Gasteiger partial charge is 0.380 e. The first kappa shape index (κ1) is 11.3. The average Bonchev–Trinajstić information content (AvgIpc) is 2.30. The van der Waals surface area contributed by atoms with E-state index < -0.39 is 0 Å². The van der Waals surface area contributed by atoms with E-state index in [1.807, 2.05) is 24.3 Å². The van der Waals surface area contributed by atoms with Crippen molar-refractivity contribution >= 4 is 5.78 Å². The van der Waals surface area contributed by atoms with Crippen LogP contribution in [-0.2, 0) is 20.9 Å². The highest BCUT2D eigenvalue weighted by atomic mass is 16.5. The minimum absolute atomic E-state index is 0.0712. The maximum absolute atomic E-state index is 11.4. The molecule has 86 valence electrons. The van der Waals surface area contributed by atoms with Gasteiger partial charge >= 0.3 is 0 Å². The molecular formula is C13H16O3. The lowest BCUT2D eigenvalue weighted by atomic mass is 9.99. The molecule has 0 amide bonds. The van der Waals surface area contributed by atoms with Crippen molar-refractivity contribution in [3.05, 3.63) is 35.4 Å². The average molecular weight is 220 g/mol. The summed E-state index contributed by atoms with van der Waals surface area (Å²) in [6.07, 6.45) is 0.975. The molecular weight excluding hydrogens is 204 g/mol. The van der Waals surface area contributed by atoms with Gasteiger partial charge in [0, 0.05) is 20.0 Å². The second-order valence-corrected chi connectivity index (χ2v) is 4.03. The number of rotatable bonds is 3. The maximum atomic E-state index is 11.4. The number of carbonyl (C=O) groups excluding carboxylic acids is 1. The molecule has 1 aromatic carbocycles. The van der Waals surface area contributed by atoms with E-state index in [0.29, 0.717) is 26.1 Å². The number of Topliss-reactive ketones (excluding diaryl/α,β-unsaturated/α-hetero) is 1. The highest BCUT2D eigenvalue weighted by Gasteiger charge is 2.21. The minimum atomic E-state index is -0.0712. The van der Waals surface area contributed by atoms with E-state index in [1.54, 1.807) is 7.11 Å². The van der Waals surface area contributed by atoms with Crippen molar-refractivity contribution in [1.82, 2.24) is 0 Å². The molecule has 1 fully saturated rings. The predicted octanol–water partition coefficient (Wildman–Crippen LogP) is 2.25. The van der Waals surface area contributed by atoms with Crippen LogP contribution in [0, 0.1) is 0 Å². The molecule has 1 atom stereocenters. The lowest BCUT2D eigenvalue weighted by Gasteiger charge is -2.22. The number of ketones is 1. The van der Waals surface area contributed by atoms with Gasteiger partial charge in [0.05, 0.1) is 19.3 Å². The van der Waals surface area contributed by atoms with E-state index in [9.17, 15) is 4.79 Å². The fraction of sp³-hybridized carbons (Fsp3) is 0.462. The first-order valence-corrected chi connectivity index (χ1v) is 5.50. The Morgan fingerprint density at radius 3 is 3.12 bits per heavy atom. The number of benzene rings is 1. The zero-order valence-electron chi connectivity index (χ0n) is 9.44. The number of methoxy groups -OCH3 is 1. The summed E-state index contributed by atoms with van der Waals surface area (Å²) in [5.74, 6) is 0.286. The van der Waals surface area contributed by atoms with E-state index in [1.165, 1.54) is 0 Å². The molecule has 1 aromatic rings. The molecule has 0 spiro atoms. The summed E-state index contributed by atoms with van der Waals surface area (Å²) in [7, 11) is 1.67. The maximum Gasteiger partial charge on any atom is 0.138 e. The predicted molar refractivity (Wildman–Crippen MR) is 60.1 cm³/mol. The van der Waals surface area contributed by atoms with Gasteiger partial charge in [0.2, 0.25) is 0 Å². The summed E-state index contributed by atoms with van der Waals surface area (Å²) in [6.45, 7) is 1.13. The van der Waals surface area contributed by atoms with Crippen LogP contribution in [0.15, 0.2) is 24.3 Å². The Bertz CT molecular complexity index is 373. The van der Waals surface area contributed by atoms with Crippen molar-refractivity contribution in [2.75, 3.05) is 13.7 Å². The molecule has 3 nitrogen and oxygen atoms in total. The Labute approximate surface area is 95.4 Å². The number of ether oxygens (including phenoxy) is 2. The smallest absolute Gasteiger partial charge is 0.138 e. The van der Waals surface area contributed by atoms with Crippen molar-refractivity contribution < 1.29 is 14.3 Å². The van der Waals surface area contributed by atoms with Gasteiger partial charge in [-0.25, -0.2) is 0 Å². The standard InChI is InChI=1S/C13H16O3/c1-15-9-10-3-2-4-11(7-10)13-8-12(14)5-6-16-13/h2-4,7,13H,5-6,8-9H2,1H3. The quantitative estimate of drug-likeness (QED) is 0.783. The molecule has 0 radical (unpaired) electrons. The van der Waals surface area contributed by atoms with Gasteiger partial charge in [0.15, 0.2) is 0 Å². The summed E-state index contributed by atoms with van der Waals surface area (Å²) in [5, 5.41) is 0. The molecule has 0 aliphatic carbocycles. The third-order valence-corrected chi connectivity index (χ3v) is 2.75. The van der Waals surface area contributed by atoms with Gasteiger partial charge in [-0.05, 0) is 11.1 Å². The molecule has 0 aromatic heterocycles. The van der Waals surface area contributed by atoms with E-state index in [2.05, 4.69) is 0 Å². The van der Waals surface area contributed by atoms with Gasteiger partial charge in [-0.1, -0.05) is 24.3 Å². The zero-order valence-corrected chi connectivity index (χ0v) is 9.44.